The second kappa shape index (κ2) is 11.7. The molecular weight excluding hydrogens is 184 g/mol. The Balaban J connectivity index is 0. The maximum Gasteiger partial charge on any atom is 0.328 e. The number of aliphatic carboxylic acids is 2. The van der Waals surface area contributed by atoms with Gasteiger partial charge in [-0.05, 0) is 0 Å². The first-order valence-electron chi connectivity index (χ1n) is 4.68. The van der Waals surface area contributed by atoms with E-state index < -0.39 is 11.9 Å². The molecule has 0 amide bonds. The summed E-state index contributed by atoms with van der Waals surface area (Å²) in [4.78, 5) is 19.1. The zero-order valence-corrected chi connectivity index (χ0v) is 8.69. The molecule has 0 rings (SSSR count). The first-order valence-corrected chi connectivity index (χ1v) is 4.68. The van der Waals surface area contributed by atoms with Gasteiger partial charge in [-0.3, -0.25) is 0 Å². The minimum absolute atomic E-state index is 0.558. The summed E-state index contributed by atoms with van der Waals surface area (Å²) in [7, 11) is 0. The summed E-state index contributed by atoms with van der Waals surface area (Å²) in [5.74, 6) is -2.51. The van der Waals surface area contributed by atoms with Crippen LogP contribution in [0.3, 0.4) is 0 Å². The minimum Gasteiger partial charge on any atom is -0.478 e. The van der Waals surface area contributed by atoms with Crippen LogP contribution in [0.5, 0.6) is 0 Å². The van der Waals surface area contributed by atoms with Gasteiger partial charge in [-0.25, -0.2) is 9.59 Å². The van der Waals surface area contributed by atoms with Gasteiger partial charge in [-0.1, -0.05) is 39.5 Å². The SMILES string of the molecule is CCCCCC.O=C(O)C=CC(=O)O. The van der Waals surface area contributed by atoms with Crippen LogP contribution in [-0.2, 0) is 9.59 Å². The minimum atomic E-state index is -1.26. The van der Waals surface area contributed by atoms with Gasteiger partial charge in [0.2, 0.25) is 0 Å². The second-order valence-electron chi connectivity index (χ2n) is 2.72. The molecule has 4 heteroatoms. The van der Waals surface area contributed by atoms with Crippen molar-refractivity contribution in [2.75, 3.05) is 0 Å². The van der Waals surface area contributed by atoms with E-state index in [1.165, 1.54) is 25.7 Å². The van der Waals surface area contributed by atoms with Crippen molar-refractivity contribution in [3.05, 3.63) is 12.2 Å². The van der Waals surface area contributed by atoms with Gasteiger partial charge < -0.3 is 10.2 Å². The van der Waals surface area contributed by atoms with Crippen LogP contribution in [0.25, 0.3) is 0 Å². The summed E-state index contributed by atoms with van der Waals surface area (Å²) in [6, 6.07) is 0. The maximum atomic E-state index is 9.55. The summed E-state index contributed by atoms with van der Waals surface area (Å²) in [6.45, 7) is 4.46. The Bertz CT molecular complexity index is 165. The van der Waals surface area contributed by atoms with E-state index in [0.717, 1.165) is 0 Å². The molecule has 4 nitrogen and oxygen atoms in total. The van der Waals surface area contributed by atoms with Crippen molar-refractivity contribution < 1.29 is 19.8 Å². The molecule has 0 bridgehead atoms. The maximum absolute atomic E-state index is 9.55. The lowest BCUT2D eigenvalue weighted by atomic mass is 10.2. The zero-order chi connectivity index (χ0) is 11.4. The Labute approximate surface area is 84.3 Å². The Kier molecular flexibility index (Phi) is 12.7. The van der Waals surface area contributed by atoms with Gasteiger partial charge >= 0.3 is 11.9 Å². The molecule has 0 aromatic rings. The van der Waals surface area contributed by atoms with Gasteiger partial charge in [0.1, 0.15) is 0 Å². The number of carboxylic acid groups (broad SMARTS) is 2. The summed E-state index contributed by atoms with van der Waals surface area (Å²) < 4.78 is 0. The lowest BCUT2D eigenvalue weighted by Gasteiger charge is -1.86. The van der Waals surface area contributed by atoms with E-state index >= 15 is 0 Å². The van der Waals surface area contributed by atoms with E-state index in [4.69, 9.17) is 10.2 Å². The van der Waals surface area contributed by atoms with Crippen molar-refractivity contribution in [3.8, 4) is 0 Å². The van der Waals surface area contributed by atoms with Crippen LogP contribution >= 0.6 is 0 Å². The Hall–Kier alpha value is -1.32. The van der Waals surface area contributed by atoms with Gasteiger partial charge in [-0.2, -0.15) is 0 Å². The van der Waals surface area contributed by atoms with E-state index in [1.54, 1.807) is 0 Å². The topological polar surface area (TPSA) is 74.6 Å². The Morgan fingerprint density at radius 2 is 1.21 bits per heavy atom. The molecule has 14 heavy (non-hydrogen) atoms. The van der Waals surface area contributed by atoms with Crippen LogP contribution in [0.4, 0.5) is 0 Å². The number of carbonyl (C=O) groups is 2. The molecule has 0 spiro atoms. The fourth-order valence-electron chi connectivity index (χ4n) is 0.643. The molecule has 0 atom stereocenters. The highest BCUT2D eigenvalue weighted by atomic mass is 16.4. The van der Waals surface area contributed by atoms with Gasteiger partial charge in [0, 0.05) is 12.2 Å². The molecule has 0 saturated carbocycles. The van der Waals surface area contributed by atoms with Crippen LogP contribution in [0.1, 0.15) is 39.5 Å². The molecule has 0 aromatic heterocycles. The number of unbranched alkanes of at least 4 members (excludes halogenated alkanes) is 3. The van der Waals surface area contributed by atoms with E-state index in [9.17, 15) is 9.59 Å². The fraction of sp³-hybridized carbons (Fsp3) is 0.600. The smallest absolute Gasteiger partial charge is 0.328 e. The standard InChI is InChI=1S/C6H14.C4H4O4/c1-3-5-6-4-2;5-3(6)1-2-4(7)8/h3-6H2,1-2H3;1-2H,(H,5,6)(H,7,8). The van der Waals surface area contributed by atoms with E-state index in [-0.39, 0.29) is 0 Å². The number of hydrogen-bond donors (Lipinski definition) is 2. The normalized spacial score (nSPS) is 9.29. The third-order valence-electron chi connectivity index (χ3n) is 1.33. The lowest BCUT2D eigenvalue weighted by Crippen LogP contribution is -1.91. The predicted octanol–water partition coefficient (Wildman–Crippen LogP) is 2.30. The average molecular weight is 202 g/mol. The van der Waals surface area contributed by atoms with Gasteiger partial charge in [0.25, 0.3) is 0 Å². The summed E-state index contributed by atoms with van der Waals surface area (Å²) in [5, 5.41) is 15.6. The molecule has 0 aliphatic rings. The van der Waals surface area contributed by atoms with E-state index in [0.29, 0.717) is 12.2 Å². The third-order valence-corrected chi connectivity index (χ3v) is 1.33. The van der Waals surface area contributed by atoms with Gasteiger partial charge in [0.05, 0.1) is 0 Å². The molecule has 0 radical (unpaired) electrons. The average Bonchev–Trinajstić information content (AvgIpc) is 2.12. The highest BCUT2D eigenvalue weighted by Gasteiger charge is 1.88. The van der Waals surface area contributed by atoms with Crippen molar-refractivity contribution >= 4 is 11.9 Å². The summed E-state index contributed by atoms with van der Waals surface area (Å²) in [6.07, 6.45) is 6.65. The van der Waals surface area contributed by atoms with Crippen molar-refractivity contribution in [3.63, 3.8) is 0 Å². The number of rotatable bonds is 5. The highest BCUT2D eigenvalue weighted by molar-refractivity contribution is 5.89. The molecular formula is C10H18O4. The molecule has 0 saturated heterocycles. The van der Waals surface area contributed by atoms with Crippen molar-refractivity contribution in [1.82, 2.24) is 0 Å². The molecule has 2 N–H and O–H groups in total. The first kappa shape index (κ1) is 15.2. The molecule has 0 unspecified atom stereocenters. The number of hydrogen-bond acceptors (Lipinski definition) is 2. The first-order chi connectivity index (χ1) is 6.54. The predicted molar refractivity (Wildman–Crippen MR) is 54.2 cm³/mol. The second-order valence-corrected chi connectivity index (χ2v) is 2.72. The van der Waals surface area contributed by atoms with Crippen LogP contribution in [0.15, 0.2) is 12.2 Å². The molecule has 0 aromatic carbocycles. The lowest BCUT2D eigenvalue weighted by molar-refractivity contribution is -0.134. The molecule has 82 valence electrons. The monoisotopic (exact) mass is 202 g/mol. The van der Waals surface area contributed by atoms with Crippen molar-refractivity contribution in [2.24, 2.45) is 0 Å². The molecule has 0 heterocycles. The van der Waals surface area contributed by atoms with Crippen molar-refractivity contribution in [2.45, 2.75) is 39.5 Å². The largest absolute Gasteiger partial charge is 0.478 e. The molecule has 0 aliphatic heterocycles. The number of carboxylic acids is 2. The van der Waals surface area contributed by atoms with Gasteiger partial charge in [-0.15, -0.1) is 0 Å². The molecule has 0 aliphatic carbocycles. The molecule has 0 fully saturated rings. The van der Waals surface area contributed by atoms with Crippen molar-refractivity contribution in [1.29, 1.82) is 0 Å². The quantitative estimate of drug-likeness (QED) is 0.530. The highest BCUT2D eigenvalue weighted by Crippen LogP contribution is 1.95. The Morgan fingerprint density at radius 3 is 1.36 bits per heavy atom. The van der Waals surface area contributed by atoms with Crippen LogP contribution in [-0.4, -0.2) is 22.2 Å². The van der Waals surface area contributed by atoms with E-state index in [2.05, 4.69) is 13.8 Å². The summed E-state index contributed by atoms with van der Waals surface area (Å²) in [5.41, 5.74) is 0. The van der Waals surface area contributed by atoms with Crippen LogP contribution in [0, 0.1) is 0 Å². The fourth-order valence-corrected chi connectivity index (χ4v) is 0.643. The summed E-state index contributed by atoms with van der Waals surface area (Å²) >= 11 is 0. The van der Waals surface area contributed by atoms with Gasteiger partial charge in [0.15, 0.2) is 0 Å². The Morgan fingerprint density at radius 1 is 0.929 bits per heavy atom. The van der Waals surface area contributed by atoms with Crippen LogP contribution < -0.4 is 0 Å². The third kappa shape index (κ3) is 22.4. The zero-order valence-electron chi connectivity index (χ0n) is 8.69. The van der Waals surface area contributed by atoms with E-state index in [1.807, 2.05) is 0 Å². The van der Waals surface area contributed by atoms with Crippen LogP contribution in [0.2, 0.25) is 0 Å².